The molecule has 1 aliphatic carbocycles. The third-order valence-corrected chi connectivity index (χ3v) is 7.13. The van der Waals surface area contributed by atoms with Crippen molar-refractivity contribution in [2.75, 3.05) is 51.3 Å². The first-order valence-electron chi connectivity index (χ1n) is 11.5. The molecular weight excluding hydrogens is 386 g/mol. The Kier molecular flexibility index (Phi) is 6.18. The van der Waals surface area contributed by atoms with Gasteiger partial charge in [-0.15, -0.1) is 0 Å². The molecule has 5 heteroatoms. The first-order chi connectivity index (χ1) is 14.8. The van der Waals surface area contributed by atoms with Crippen LogP contribution in [0, 0.1) is 19.3 Å². The van der Waals surface area contributed by atoms with Crippen molar-refractivity contribution in [2.45, 2.75) is 40.2 Å². The van der Waals surface area contributed by atoms with Crippen LogP contribution in [0.1, 0.15) is 42.1 Å². The third-order valence-electron chi connectivity index (χ3n) is 7.13. The number of methoxy groups -OCH3 is 1. The summed E-state index contributed by atoms with van der Waals surface area (Å²) >= 11 is 0. The Morgan fingerprint density at radius 2 is 1.84 bits per heavy atom. The van der Waals surface area contributed by atoms with Gasteiger partial charge in [-0.05, 0) is 54.5 Å². The van der Waals surface area contributed by atoms with E-state index in [1.807, 2.05) is 13.0 Å². The summed E-state index contributed by atoms with van der Waals surface area (Å²) < 4.78 is 5.37. The molecule has 31 heavy (non-hydrogen) atoms. The highest BCUT2D eigenvalue weighted by Crippen LogP contribution is 2.50. The molecule has 1 saturated heterocycles. The van der Waals surface area contributed by atoms with Crippen molar-refractivity contribution in [1.29, 1.82) is 0 Å². The van der Waals surface area contributed by atoms with Gasteiger partial charge < -0.3 is 20.1 Å². The fourth-order valence-corrected chi connectivity index (χ4v) is 5.32. The summed E-state index contributed by atoms with van der Waals surface area (Å²) in [5.41, 5.74) is 6.08. The van der Waals surface area contributed by atoms with Crippen LogP contribution in [0.15, 0.2) is 30.3 Å². The molecule has 1 atom stereocenters. The van der Waals surface area contributed by atoms with E-state index in [1.165, 1.54) is 16.8 Å². The molecule has 0 radical (unpaired) electrons. The number of piperazine rings is 1. The first kappa shape index (κ1) is 22.0. The maximum absolute atomic E-state index is 10.8. The molecule has 1 heterocycles. The van der Waals surface area contributed by atoms with Gasteiger partial charge in [-0.1, -0.05) is 26.0 Å². The summed E-state index contributed by atoms with van der Waals surface area (Å²) in [6, 6.07) is 10.6. The van der Waals surface area contributed by atoms with E-state index in [-0.39, 0.29) is 11.5 Å². The van der Waals surface area contributed by atoms with Gasteiger partial charge in [0.1, 0.15) is 11.5 Å². The van der Waals surface area contributed by atoms with Crippen LogP contribution in [-0.2, 0) is 6.42 Å². The SMILES string of the molecule is COc1cccc(N2CCN(CCNC3c4c(O)c(C)cc(C)c4CC3(C)C)CC2)c1. The topological polar surface area (TPSA) is 48.0 Å². The van der Waals surface area contributed by atoms with E-state index in [9.17, 15) is 5.11 Å². The number of aromatic hydroxyl groups is 1. The van der Waals surface area contributed by atoms with Crippen LogP contribution in [0.4, 0.5) is 5.69 Å². The fraction of sp³-hybridized carbons (Fsp3) is 0.538. The van der Waals surface area contributed by atoms with Gasteiger partial charge in [0, 0.05) is 62.6 Å². The van der Waals surface area contributed by atoms with Crippen LogP contribution >= 0.6 is 0 Å². The molecule has 0 spiro atoms. The highest BCUT2D eigenvalue weighted by atomic mass is 16.5. The molecular formula is C26H37N3O2. The minimum absolute atomic E-state index is 0.101. The Labute approximate surface area is 187 Å². The summed E-state index contributed by atoms with van der Waals surface area (Å²) in [5.74, 6) is 1.40. The monoisotopic (exact) mass is 423 g/mol. The van der Waals surface area contributed by atoms with Gasteiger partial charge in [0.15, 0.2) is 0 Å². The van der Waals surface area contributed by atoms with Crippen LogP contribution in [0.2, 0.25) is 0 Å². The number of phenolic OH excluding ortho intramolecular Hbond substituents is 1. The van der Waals surface area contributed by atoms with Gasteiger partial charge in [0.25, 0.3) is 0 Å². The lowest BCUT2D eigenvalue weighted by Crippen LogP contribution is -2.48. The molecule has 2 N–H and O–H groups in total. The van der Waals surface area contributed by atoms with Crippen molar-refractivity contribution in [3.8, 4) is 11.5 Å². The molecule has 0 bridgehead atoms. The van der Waals surface area contributed by atoms with Crippen molar-refractivity contribution in [1.82, 2.24) is 10.2 Å². The van der Waals surface area contributed by atoms with Crippen molar-refractivity contribution in [3.63, 3.8) is 0 Å². The number of fused-ring (bicyclic) bond motifs is 1. The number of hydrogen-bond donors (Lipinski definition) is 2. The molecule has 0 amide bonds. The van der Waals surface area contributed by atoms with E-state index < -0.39 is 0 Å². The summed E-state index contributed by atoms with van der Waals surface area (Å²) in [4.78, 5) is 4.97. The number of aryl methyl sites for hydroxylation is 2. The van der Waals surface area contributed by atoms with Gasteiger partial charge in [0.2, 0.25) is 0 Å². The molecule has 1 aliphatic heterocycles. The predicted molar refractivity (Wildman–Crippen MR) is 127 cm³/mol. The highest BCUT2D eigenvalue weighted by Gasteiger charge is 2.41. The number of anilines is 1. The van der Waals surface area contributed by atoms with E-state index in [2.05, 4.69) is 60.2 Å². The second-order valence-electron chi connectivity index (χ2n) is 9.83. The van der Waals surface area contributed by atoms with Crippen LogP contribution < -0.4 is 15.0 Å². The van der Waals surface area contributed by atoms with Crippen LogP contribution in [-0.4, -0.2) is 56.4 Å². The number of ether oxygens (including phenoxy) is 1. The van der Waals surface area contributed by atoms with Gasteiger partial charge in [-0.25, -0.2) is 0 Å². The molecule has 4 rings (SSSR count). The quantitative estimate of drug-likeness (QED) is 0.734. The highest BCUT2D eigenvalue weighted by molar-refractivity contribution is 5.54. The fourth-order valence-electron chi connectivity index (χ4n) is 5.32. The van der Waals surface area contributed by atoms with Gasteiger partial charge >= 0.3 is 0 Å². The van der Waals surface area contributed by atoms with E-state index in [1.54, 1.807) is 7.11 Å². The number of phenols is 1. The minimum atomic E-state index is 0.101. The number of nitrogens with zero attached hydrogens (tertiary/aromatic N) is 2. The number of rotatable bonds is 6. The predicted octanol–water partition coefficient (Wildman–Crippen LogP) is 4.05. The van der Waals surface area contributed by atoms with Crippen molar-refractivity contribution < 1.29 is 9.84 Å². The Balaban J connectivity index is 1.34. The summed E-state index contributed by atoms with van der Waals surface area (Å²) in [6.07, 6.45) is 1.01. The smallest absolute Gasteiger partial charge is 0.123 e. The summed E-state index contributed by atoms with van der Waals surface area (Å²) in [5, 5.41) is 14.6. The van der Waals surface area contributed by atoms with Gasteiger partial charge in [-0.2, -0.15) is 0 Å². The molecule has 5 nitrogen and oxygen atoms in total. The normalized spacial score (nSPS) is 20.7. The second kappa shape index (κ2) is 8.71. The number of nitrogens with one attached hydrogen (secondary N) is 1. The maximum atomic E-state index is 10.8. The Morgan fingerprint density at radius 3 is 2.55 bits per heavy atom. The molecule has 1 fully saturated rings. The second-order valence-corrected chi connectivity index (χ2v) is 9.83. The number of benzene rings is 2. The Bertz CT molecular complexity index is 932. The lowest BCUT2D eigenvalue weighted by molar-refractivity contribution is 0.226. The zero-order chi connectivity index (χ0) is 22.2. The standard InChI is InChI=1S/C26H37N3O2/c1-18-15-19(2)24(30)23-22(18)17-26(3,4)25(23)27-9-10-28-11-13-29(14-12-28)20-7-6-8-21(16-20)31-5/h6-8,15-16,25,27,30H,9-14,17H2,1-5H3. The molecule has 168 valence electrons. The zero-order valence-electron chi connectivity index (χ0n) is 19.7. The molecule has 0 aromatic heterocycles. The lowest BCUT2D eigenvalue weighted by Gasteiger charge is -2.37. The summed E-state index contributed by atoms with van der Waals surface area (Å²) in [7, 11) is 1.72. The lowest BCUT2D eigenvalue weighted by atomic mass is 9.85. The Morgan fingerprint density at radius 1 is 1.10 bits per heavy atom. The minimum Gasteiger partial charge on any atom is -0.507 e. The molecule has 2 aromatic rings. The molecule has 2 aliphatic rings. The Hall–Kier alpha value is -2.24. The van der Waals surface area contributed by atoms with E-state index in [0.717, 1.165) is 62.6 Å². The molecule has 2 aromatic carbocycles. The largest absolute Gasteiger partial charge is 0.507 e. The van der Waals surface area contributed by atoms with Crippen molar-refractivity contribution >= 4 is 5.69 Å². The average molecular weight is 424 g/mol. The van der Waals surface area contributed by atoms with Crippen LogP contribution in [0.25, 0.3) is 0 Å². The molecule has 0 saturated carbocycles. The average Bonchev–Trinajstić information content (AvgIpc) is 3.04. The third kappa shape index (κ3) is 4.39. The maximum Gasteiger partial charge on any atom is 0.123 e. The van der Waals surface area contributed by atoms with E-state index in [0.29, 0.717) is 5.75 Å². The first-order valence-corrected chi connectivity index (χ1v) is 11.5. The van der Waals surface area contributed by atoms with E-state index in [4.69, 9.17) is 4.74 Å². The van der Waals surface area contributed by atoms with Gasteiger partial charge in [0.05, 0.1) is 7.11 Å². The van der Waals surface area contributed by atoms with Crippen LogP contribution in [0.3, 0.4) is 0 Å². The van der Waals surface area contributed by atoms with Crippen LogP contribution in [0.5, 0.6) is 11.5 Å². The van der Waals surface area contributed by atoms with E-state index >= 15 is 0 Å². The van der Waals surface area contributed by atoms with Crippen molar-refractivity contribution in [3.05, 3.63) is 52.6 Å². The molecule has 1 unspecified atom stereocenters. The number of hydrogen-bond acceptors (Lipinski definition) is 5. The van der Waals surface area contributed by atoms with Gasteiger partial charge in [-0.3, -0.25) is 4.90 Å². The zero-order valence-corrected chi connectivity index (χ0v) is 19.7. The summed E-state index contributed by atoms with van der Waals surface area (Å²) in [6.45, 7) is 14.9. The van der Waals surface area contributed by atoms with Crippen molar-refractivity contribution in [2.24, 2.45) is 5.41 Å².